The second kappa shape index (κ2) is 4.80. The molecule has 110 valence electrons. The van der Waals surface area contributed by atoms with Gasteiger partial charge >= 0.3 is 0 Å². The fourth-order valence-electron chi connectivity index (χ4n) is 2.55. The first-order chi connectivity index (χ1) is 10.8. The van der Waals surface area contributed by atoms with E-state index in [0.29, 0.717) is 17.4 Å². The van der Waals surface area contributed by atoms with Crippen LogP contribution in [-0.2, 0) is 6.54 Å². The van der Waals surface area contributed by atoms with Crippen molar-refractivity contribution in [3.05, 3.63) is 36.7 Å². The molecule has 0 aliphatic rings. The van der Waals surface area contributed by atoms with E-state index < -0.39 is 0 Å². The van der Waals surface area contributed by atoms with Gasteiger partial charge in [-0.05, 0) is 6.42 Å². The van der Waals surface area contributed by atoms with Gasteiger partial charge in [0.1, 0.15) is 0 Å². The van der Waals surface area contributed by atoms with Crippen molar-refractivity contribution in [3.8, 4) is 11.4 Å². The molecule has 3 aromatic heterocycles. The highest BCUT2D eigenvalue weighted by Gasteiger charge is 2.16. The maximum atomic E-state index is 6.05. The molecule has 0 aliphatic heterocycles. The summed E-state index contributed by atoms with van der Waals surface area (Å²) >= 11 is 0. The van der Waals surface area contributed by atoms with E-state index in [2.05, 4.69) is 27.0 Å². The number of hydrogen-bond acceptors (Lipinski definition) is 5. The predicted molar refractivity (Wildman–Crippen MR) is 84.2 cm³/mol. The Labute approximate surface area is 126 Å². The zero-order valence-electron chi connectivity index (χ0n) is 12.1. The van der Waals surface area contributed by atoms with E-state index in [1.807, 2.05) is 34.9 Å². The lowest BCUT2D eigenvalue weighted by Crippen LogP contribution is -2.05. The summed E-state index contributed by atoms with van der Waals surface area (Å²) in [5, 5.41) is 4.46. The van der Waals surface area contributed by atoms with Crippen LogP contribution in [0.1, 0.15) is 13.3 Å². The minimum atomic E-state index is 0.315. The fraction of sp³-hybridized carbons (Fsp3) is 0.200. The highest BCUT2D eigenvalue weighted by molar-refractivity contribution is 5.87. The molecule has 2 N–H and O–H groups in total. The monoisotopic (exact) mass is 293 g/mol. The highest BCUT2D eigenvalue weighted by atomic mass is 15.4. The Kier molecular flexibility index (Phi) is 2.78. The summed E-state index contributed by atoms with van der Waals surface area (Å²) in [6, 6.07) is 9.79. The van der Waals surface area contributed by atoms with Gasteiger partial charge in [-0.2, -0.15) is 9.50 Å². The van der Waals surface area contributed by atoms with E-state index in [4.69, 9.17) is 5.73 Å². The molecular weight excluding hydrogens is 278 g/mol. The molecule has 0 atom stereocenters. The molecule has 4 aromatic rings. The zero-order chi connectivity index (χ0) is 15.1. The summed E-state index contributed by atoms with van der Waals surface area (Å²) in [5.74, 6) is 0.932. The van der Waals surface area contributed by atoms with Crippen LogP contribution in [0, 0.1) is 0 Å². The summed E-state index contributed by atoms with van der Waals surface area (Å²) in [6.07, 6.45) is 2.78. The summed E-state index contributed by atoms with van der Waals surface area (Å²) in [5.41, 5.74) is 9.09. The zero-order valence-corrected chi connectivity index (χ0v) is 12.1. The van der Waals surface area contributed by atoms with Gasteiger partial charge in [0.15, 0.2) is 22.6 Å². The molecule has 0 bridgehead atoms. The minimum Gasteiger partial charge on any atom is -0.368 e. The molecule has 0 aliphatic carbocycles. The van der Waals surface area contributed by atoms with Crippen LogP contribution in [0.5, 0.6) is 0 Å². The number of fused-ring (bicyclic) bond motifs is 3. The Balaban J connectivity index is 1.99. The van der Waals surface area contributed by atoms with Gasteiger partial charge in [-0.25, -0.2) is 9.97 Å². The molecule has 0 radical (unpaired) electrons. The number of imidazole rings is 1. The lowest BCUT2D eigenvalue weighted by molar-refractivity contribution is 0.691. The van der Waals surface area contributed by atoms with Crippen molar-refractivity contribution in [3.63, 3.8) is 0 Å². The number of benzene rings is 1. The Morgan fingerprint density at radius 1 is 1.09 bits per heavy atom. The fourth-order valence-corrected chi connectivity index (χ4v) is 2.55. The lowest BCUT2D eigenvalue weighted by atomic mass is 10.2. The van der Waals surface area contributed by atoms with Gasteiger partial charge in [-0.15, -0.1) is 5.10 Å². The number of hydrogen-bond donors (Lipinski definition) is 1. The van der Waals surface area contributed by atoms with Gasteiger partial charge in [0.05, 0.1) is 6.33 Å². The molecule has 0 saturated heterocycles. The first-order valence-electron chi connectivity index (χ1n) is 7.20. The molecule has 1 aromatic carbocycles. The number of nitrogen functional groups attached to an aromatic ring is 1. The maximum absolute atomic E-state index is 6.05. The van der Waals surface area contributed by atoms with Crippen LogP contribution >= 0.6 is 0 Å². The Hall–Kier alpha value is -2.96. The largest absolute Gasteiger partial charge is 0.368 e. The number of anilines is 1. The van der Waals surface area contributed by atoms with Crippen molar-refractivity contribution in [2.45, 2.75) is 19.9 Å². The second-order valence-electron chi connectivity index (χ2n) is 5.12. The summed E-state index contributed by atoms with van der Waals surface area (Å²) in [7, 11) is 0. The summed E-state index contributed by atoms with van der Waals surface area (Å²) in [4.78, 5) is 13.5. The molecule has 0 amide bonds. The van der Waals surface area contributed by atoms with Crippen molar-refractivity contribution < 1.29 is 0 Å². The highest BCUT2D eigenvalue weighted by Crippen LogP contribution is 2.22. The third kappa shape index (κ3) is 1.82. The van der Waals surface area contributed by atoms with Gasteiger partial charge in [0, 0.05) is 12.1 Å². The molecule has 7 nitrogen and oxygen atoms in total. The third-order valence-corrected chi connectivity index (χ3v) is 3.56. The van der Waals surface area contributed by atoms with Crippen LogP contribution in [0.15, 0.2) is 36.7 Å². The van der Waals surface area contributed by atoms with E-state index in [1.165, 1.54) is 0 Å². The second-order valence-corrected chi connectivity index (χ2v) is 5.12. The van der Waals surface area contributed by atoms with Crippen molar-refractivity contribution in [1.82, 2.24) is 29.1 Å². The molecule has 7 heteroatoms. The molecule has 0 fully saturated rings. The van der Waals surface area contributed by atoms with Crippen LogP contribution in [0.3, 0.4) is 0 Å². The van der Waals surface area contributed by atoms with Gasteiger partial charge in [0.25, 0.3) is 0 Å². The first-order valence-corrected chi connectivity index (χ1v) is 7.20. The molecule has 0 spiro atoms. The van der Waals surface area contributed by atoms with Crippen molar-refractivity contribution >= 4 is 22.8 Å². The SMILES string of the molecule is CCCn1cnc2c1nc(N)n1nc(-c3ccccc3)nc21. The Morgan fingerprint density at radius 2 is 1.91 bits per heavy atom. The van der Waals surface area contributed by atoms with E-state index in [1.54, 1.807) is 10.8 Å². The third-order valence-electron chi connectivity index (χ3n) is 3.56. The van der Waals surface area contributed by atoms with Crippen LogP contribution in [-0.4, -0.2) is 29.1 Å². The lowest BCUT2D eigenvalue weighted by Gasteiger charge is -2.02. The van der Waals surface area contributed by atoms with Crippen LogP contribution in [0.4, 0.5) is 5.95 Å². The number of aromatic nitrogens is 6. The number of nitrogens with two attached hydrogens (primary N) is 1. The molecule has 22 heavy (non-hydrogen) atoms. The average molecular weight is 293 g/mol. The molecule has 3 heterocycles. The Bertz CT molecular complexity index is 952. The minimum absolute atomic E-state index is 0.315. The van der Waals surface area contributed by atoms with Crippen LogP contribution in [0.25, 0.3) is 28.2 Å². The van der Waals surface area contributed by atoms with Gasteiger partial charge in [-0.3, -0.25) is 0 Å². The molecule has 0 saturated carbocycles. The van der Waals surface area contributed by atoms with Crippen molar-refractivity contribution in [2.75, 3.05) is 5.73 Å². The standard InChI is InChI=1S/C15H15N7/c1-2-8-21-9-17-11-13(21)19-15(16)22-14(11)18-12(20-22)10-6-4-3-5-7-10/h3-7,9H,2,8H2,1H3,(H2,16,19). The van der Waals surface area contributed by atoms with Crippen LogP contribution < -0.4 is 5.73 Å². The average Bonchev–Trinajstić information content (AvgIpc) is 3.14. The topological polar surface area (TPSA) is 86.9 Å². The summed E-state index contributed by atoms with van der Waals surface area (Å²) < 4.78 is 3.54. The van der Waals surface area contributed by atoms with Gasteiger partial charge in [-0.1, -0.05) is 37.3 Å². The van der Waals surface area contributed by atoms with Gasteiger partial charge in [0.2, 0.25) is 5.95 Å². The molecular formula is C15H15N7. The smallest absolute Gasteiger partial charge is 0.225 e. The van der Waals surface area contributed by atoms with Crippen LogP contribution in [0.2, 0.25) is 0 Å². The van der Waals surface area contributed by atoms with Gasteiger partial charge < -0.3 is 10.3 Å². The normalized spacial score (nSPS) is 11.5. The van der Waals surface area contributed by atoms with Crippen molar-refractivity contribution in [1.29, 1.82) is 0 Å². The molecule has 4 rings (SSSR count). The number of rotatable bonds is 3. The first kappa shape index (κ1) is 12.8. The number of aryl methyl sites for hydroxylation is 1. The Morgan fingerprint density at radius 3 is 2.68 bits per heavy atom. The quantitative estimate of drug-likeness (QED) is 0.625. The van der Waals surface area contributed by atoms with E-state index in [0.717, 1.165) is 29.7 Å². The van der Waals surface area contributed by atoms with E-state index in [9.17, 15) is 0 Å². The van der Waals surface area contributed by atoms with E-state index in [-0.39, 0.29) is 0 Å². The number of nitrogens with zero attached hydrogens (tertiary/aromatic N) is 6. The van der Waals surface area contributed by atoms with Crippen molar-refractivity contribution in [2.24, 2.45) is 0 Å². The maximum Gasteiger partial charge on any atom is 0.225 e. The predicted octanol–water partition coefficient (Wildman–Crippen LogP) is 2.13. The molecule has 0 unspecified atom stereocenters. The summed E-state index contributed by atoms with van der Waals surface area (Å²) in [6.45, 7) is 2.96. The van der Waals surface area contributed by atoms with E-state index >= 15 is 0 Å².